The molecule has 1 atom stereocenters. The van der Waals surface area contributed by atoms with E-state index in [4.69, 9.17) is 9.15 Å². The number of likely N-dealkylation sites (tertiary alicyclic amines) is 1. The predicted octanol–water partition coefficient (Wildman–Crippen LogP) is 3.78. The third kappa shape index (κ3) is 4.48. The highest BCUT2D eigenvalue weighted by Gasteiger charge is 2.29. The van der Waals surface area contributed by atoms with E-state index in [0.29, 0.717) is 31.3 Å². The van der Waals surface area contributed by atoms with Crippen LogP contribution in [-0.2, 0) is 14.3 Å². The van der Waals surface area contributed by atoms with Crippen LogP contribution >= 0.6 is 11.8 Å². The number of nitrogens with zero attached hydrogens (tertiary/aromatic N) is 3. The van der Waals surface area contributed by atoms with Crippen LogP contribution in [0.3, 0.4) is 0 Å². The molecule has 0 radical (unpaired) electrons. The molecule has 4 rings (SSSR count). The molecular weight excluding hydrogens is 402 g/mol. The maximum atomic E-state index is 12.8. The summed E-state index contributed by atoms with van der Waals surface area (Å²) in [6.45, 7) is 3.24. The third-order valence-corrected chi connectivity index (χ3v) is 6.01. The summed E-state index contributed by atoms with van der Waals surface area (Å²) in [6.07, 6.45) is 3.15. The number of hydrogen-bond acceptors (Lipinski definition) is 7. The van der Waals surface area contributed by atoms with Crippen molar-refractivity contribution in [3.05, 3.63) is 42.7 Å². The van der Waals surface area contributed by atoms with Gasteiger partial charge >= 0.3 is 5.97 Å². The number of hydrogen-bond donors (Lipinski definition) is 0. The molecule has 0 saturated carbocycles. The largest absolute Gasteiger partial charge is 0.466 e. The molecule has 1 saturated heterocycles. The average Bonchev–Trinajstić information content (AvgIpc) is 3.32. The molecule has 1 aliphatic heterocycles. The Bertz CT molecular complexity index is 1040. The molecule has 8 heteroatoms. The van der Waals surface area contributed by atoms with Gasteiger partial charge in [0.15, 0.2) is 11.6 Å². The second-order valence-corrected chi connectivity index (χ2v) is 8.03. The lowest BCUT2D eigenvalue weighted by molar-refractivity contribution is -0.151. The summed E-state index contributed by atoms with van der Waals surface area (Å²) in [4.78, 5) is 35.9. The second kappa shape index (κ2) is 9.30. The summed E-state index contributed by atoms with van der Waals surface area (Å²) in [5.41, 5.74) is 0.800. The fraction of sp³-hybridized carbons (Fsp3) is 0.364. The van der Waals surface area contributed by atoms with Gasteiger partial charge in [0.25, 0.3) is 0 Å². The highest BCUT2D eigenvalue weighted by atomic mass is 32.2. The minimum Gasteiger partial charge on any atom is -0.466 e. The smallest absolute Gasteiger partial charge is 0.310 e. The number of carbonyl (C=O) groups is 2. The van der Waals surface area contributed by atoms with E-state index in [1.165, 1.54) is 11.8 Å². The van der Waals surface area contributed by atoms with Crippen LogP contribution in [0.4, 0.5) is 0 Å². The Hall–Kier alpha value is -2.87. The Kier molecular flexibility index (Phi) is 6.32. The molecule has 2 aromatic heterocycles. The number of aromatic nitrogens is 2. The van der Waals surface area contributed by atoms with Gasteiger partial charge in [0.1, 0.15) is 5.03 Å². The van der Waals surface area contributed by atoms with E-state index in [1.54, 1.807) is 24.2 Å². The number of fused-ring (bicyclic) bond motifs is 1. The molecule has 0 aliphatic carbocycles. The number of carbonyl (C=O) groups excluding carboxylic acids is 2. The van der Waals surface area contributed by atoms with Crippen LogP contribution in [0.25, 0.3) is 22.5 Å². The predicted molar refractivity (Wildman–Crippen MR) is 114 cm³/mol. The lowest BCUT2D eigenvalue weighted by atomic mass is 9.98. The molecule has 3 aromatic rings. The van der Waals surface area contributed by atoms with Gasteiger partial charge in [-0.25, -0.2) is 9.97 Å². The number of esters is 1. The van der Waals surface area contributed by atoms with Crippen LogP contribution in [0.2, 0.25) is 0 Å². The molecular formula is C22H23N3O4S. The second-order valence-electron chi connectivity index (χ2n) is 7.07. The van der Waals surface area contributed by atoms with Crippen molar-refractivity contribution in [3.63, 3.8) is 0 Å². The first kappa shape index (κ1) is 20.4. The summed E-state index contributed by atoms with van der Waals surface area (Å²) in [7, 11) is 0. The summed E-state index contributed by atoms with van der Waals surface area (Å²) >= 11 is 1.38. The van der Waals surface area contributed by atoms with Gasteiger partial charge in [0, 0.05) is 18.5 Å². The number of furan rings is 1. The van der Waals surface area contributed by atoms with Gasteiger partial charge in [-0.05, 0) is 38.0 Å². The maximum Gasteiger partial charge on any atom is 0.310 e. The van der Waals surface area contributed by atoms with E-state index in [9.17, 15) is 9.59 Å². The zero-order chi connectivity index (χ0) is 20.9. The van der Waals surface area contributed by atoms with Gasteiger partial charge in [-0.2, -0.15) is 0 Å². The Morgan fingerprint density at radius 2 is 2.10 bits per heavy atom. The van der Waals surface area contributed by atoms with Crippen molar-refractivity contribution in [2.75, 3.05) is 25.4 Å². The van der Waals surface area contributed by atoms with Crippen molar-refractivity contribution in [1.29, 1.82) is 0 Å². The zero-order valence-electron chi connectivity index (χ0n) is 16.7. The molecule has 0 bridgehead atoms. The van der Waals surface area contributed by atoms with Gasteiger partial charge in [0.2, 0.25) is 5.91 Å². The number of thioether (sulfide) groups is 1. The lowest BCUT2D eigenvalue weighted by Crippen LogP contribution is -2.43. The number of piperidine rings is 1. The van der Waals surface area contributed by atoms with Crippen LogP contribution in [0.15, 0.2) is 52.1 Å². The Labute approximate surface area is 178 Å². The van der Waals surface area contributed by atoms with Crippen LogP contribution in [0, 0.1) is 5.92 Å². The van der Waals surface area contributed by atoms with Crippen LogP contribution in [0.5, 0.6) is 0 Å². The SMILES string of the molecule is CCOC(=O)C1CCCN(C(=O)CSc2nc(-c3ccco3)nc3ccccc23)C1. The van der Waals surface area contributed by atoms with E-state index in [0.717, 1.165) is 28.8 Å². The van der Waals surface area contributed by atoms with E-state index < -0.39 is 0 Å². The zero-order valence-corrected chi connectivity index (χ0v) is 17.6. The minimum atomic E-state index is -0.238. The molecule has 1 unspecified atom stereocenters. The number of ether oxygens (including phenoxy) is 1. The van der Waals surface area contributed by atoms with Gasteiger partial charge < -0.3 is 14.1 Å². The minimum absolute atomic E-state index is 0.00348. The number of amides is 1. The fourth-order valence-corrected chi connectivity index (χ4v) is 4.47. The normalized spacial score (nSPS) is 16.6. The first-order chi connectivity index (χ1) is 14.7. The molecule has 7 nitrogen and oxygen atoms in total. The van der Waals surface area contributed by atoms with Crippen LogP contribution in [0.1, 0.15) is 19.8 Å². The Balaban J connectivity index is 1.49. The highest BCUT2D eigenvalue weighted by Crippen LogP contribution is 2.29. The van der Waals surface area contributed by atoms with Crippen molar-refractivity contribution in [1.82, 2.24) is 14.9 Å². The molecule has 0 spiro atoms. The van der Waals surface area contributed by atoms with Crippen molar-refractivity contribution in [3.8, 4) is 11.6 Å². The van der Waals surface area contributed by atoms with Crippen LogP contribution < -0.4 is 0 Å². The highest BCUT2D eigenvalue weighted by molar-refractivity contribution is 8.00. The molecule has 1 aliphatic rings. The number of rotatable bonds is 6. The van der Waals surface area contributed by atoms with E-state index in [2.05, 4.69) is 9.97 Å². The molecule has 3 heterocycles. The fourth-order valence-electron chi connectivity index (χ4n) is 3.55. The summed E-state index contributed by atoms with van der Waals surface area (Å²) < 4.78 is 10.6. The molecule has 1 aromatic carbocycles. The standard InChI is InChI=1S/C22H23N3O4S/c1-2-28-22(27)15-7-5-11-25(13-15)19(26)14-30-21-16-8-3-4-9-17(16)23-20(24-21)18-10-6-12-29-18/h3-4,6,8-10,12,15H,2,5,7,11,13-14H2,1H3. The van der Waals surface area contributed by atoms with E-state index in [1.807, 2.05) is 30.3 Å². The molecule has 0 N–H and O–H groups in total. The van der Waals surface area contributed by atoms with Crippen molar-refractivity contribution >= 4 is 34.5 Å². The van der Waals surface area contributed by atoms with Crippen molar-refractivity contribution in [2.24, 2.45) is 5.92 Å². The number of benzene rings is 1. The Morgan fingerprint density at radius 3 is 2.90 bits per heavy atom. The molecule has 1 amide bonds. The van der Waals surface area contributed by atoms with Crippen molar-refractivity contribution in [2.45, 2.75) is 24.8 Å². The molecule has 30 heavy (non-hydrogen) atoms. The summed E-state index contributed by atoms with van der Waals surface area (Å²) in [5.74, 6) is 0.867. The van der Waals surface area contributed by atoms with Crippen molar-refractivity contribution < 1.29 is 18.7 Å². The van der Waals surface area contributed by atoms with E-state index in [-0.39, 0.29) is 23.5 Å². The summed E-state index contributed by atoms with van der Waals surface area (Å²) in [6, 6.07) is 11.3. The number of para-hydroxylation sites is 1. The molecule has 156 valence electrons. The third-order valence-electron chi connectivity index (χ3n) is 5.04. The summed E-state index contributed by atoms with van der Waals surface area (Å²) in [5, 5.41) is 1.63. The lowest BCUT2D eigenvalue weighted by Gasteiger charge is -2.31. The molecule has 1 fully saturated rings. The average molecular weight is 426 g/mol. The first-order valence-electron chi connectivity index (χ1n) is 10.0. The van der Waals surface area contributed by atoms with Gasteiger partial charge in [-0.3, -0.25) is 9.59 Å². The quantitative estimate of drug-likeness (QED) is 0.337. The van der Waals surface area contributed by atoms with E-state index >= 15 is 0 Å². The first-order valence-corrected chi connectivity index (χ1v) is 11.0. The van der Waals surface area contributed by atoms with Gasteiger partial charge in [0.05, 0.1) is 30.1 Å². The Morgan fingerprint density at radius 1 is 1.23 bits per heavy atom. The van der Waals surface area contributed by atoms with Crippen LogP contribution in [-0.4, -0.2) is 52.2 Å². The van der Waals surface area contributed by atoms with Gasteiger partial charge in [-0.15, -0.1) is 0 Å². The topological polar surface area (TPSA) is 85.5 Å². The van der Waals surface area contributed by atoms with Gasteiger partial charge in [-0.1, -0.05) is 30.0 Å². The monoisotopic (exact) mass is 425 g/mol. The maximum absolute atomic E-state index is 12.8.